The van der Waals surface area contributed by atoms with Gasteiger partial charge in [0.05, 0.1) is 5.60 Å². The van der Waals surface area contributed by atoms with Crippen LogP contribution in [0.2, 0.25) is 5.02 Å². The Bertz CT molecular complexity index is 367. The maximum absolute atomic E-state index is 13.7. The van der Waals surface area contributed by atoms with E-state index in [4.69, 9.17) is 16.3 Å². The molecule has 1 heterocycles. The Morgan fingerprint density at radius 2 is 2.18 bits per heavy atom. The number of aliphatic hydroxyl groups is 1. The lowest BCUT2D eigenvalue weighted by Gasteiger charge is -2.26. The highest BCUT2D eigenvalue weighted by molar-refractivity contribution is 6.31. The van der Waals surface area contributed by atoms with E-state index in [2.05, 4.69) is 0 Å². The summed E-state index contributed by atoms with van der Waals surface area (Å²) in [5.74, 6) is -0.351. The first-order chi connectivity index (χ1) is 8.11. The summed E-state index contributed by atoms with van der Waals surface area (Å²) in [7, 11) is 0. The van der Waals surface area contributed by atoms with Crippen LogP contribution in [0.1, 0.15) is 24.8 Å². The standard InChI is InChI=1S/C13H16ClFO2/c14-11-3-1-4-12(15)10(11)9-13(16)5-2-7-17-8-6-13/h1,3-4,16H,2,5-9H2. The summed E-state index contributed by atoms with van der Waals surface area (Å²) in [5.41, 5.74) is -0.499. The van der Waals surface area contributed by atoms with E-state index in [1.54, 1.807) is 12.1 Å². The third kappa shape index (κ3) is 3.18. The van der Waals surface area contributed by atoms with Gasteiger partial charge in [0.15, 0.2) is 0 Å². The van der Waals surface area contributed by atoms with Crippen molar-refractivity contribution in [2.75, 3.05) is 13.2 Å². The first-order valence-corrected chi connectivity index (χ1v) is 6.22. The van der Waals surface area contributed by atoms with Crippen LogP contribution in [0.4, 0.5) is 4.39 Å². The van der Waals surface area contributed by atoms with Crippen LogP contribution in [-0.2, 0) is 11.2 Å². The Balaban J connectivity index is 2.18. The molecule has 1 unspecified atom stereocenters. The molecule has 17 heavy (non-hydrogen) atoms. The lowest BCUT2D eigenvalue weighted by Crippen LogP contribution is -2.32. The van der Waals surface area contributed by atoms with Crippen molar-refractivity contribution in [2.24, 2.45) is 0 Å². The highest BCUT2D eigenvalue weighted by atomic mass is 35.5. The van der Waals surface area contributed by atoms with Crippen molar-refractivity contribution in [3.05, 3.63) is 34.6 Å². The van der Waals surface area contributed by atoms with Crippen molar-refractivity contribution < 1.29 is 14.2 Å². The molecule has 94 valence electrons. The van der Waals surface area contributed by atoms with Crippen LogP contribution in [0.5, 0.6) is 0 Å². The fraction of sp³-hybridized carbons (Fsp3) is 0.538. The van der Waals surface area contributed by atoms with E-state index in [9.17, 15) is 9.50 Å². The first-order valence-electron chi connectivity index (χ1n) is 5.84. The topological polar surface area (TPSA) is 29.5 Å². The fourth-order valence-corrected chi connectivity index (χ4v) is 2.43. The summed E-state index contributed by atoms with van der Waals surface area (Å²) in [4.78, 5) is 0. The maximum Gasteiger partial charge on any atom is 0.127 e. The van der Waals surface area contributed by atoms with E-state index < -0.39 is 5.60 Å². The second kappa shape index (κ2) is 5.34. The number of halogens is 2. The minimum atomic E-state index is -0.900. The zero-order valence-electron chi connectivity index (χ0n) is 9.59. The van der Waals surface area contributed by atoms with Gasteiger partial charge in [-0.3, -0.25) is 0 Å². The minimum absolute atomic E-state index is 0.252. The minimum Gasteiger partial charge on any atom is -0.389 e. The van der Waals surface area contributed by atoms with Crippen molar-refractivity contribution >= 4 is 11.6 Å². The number of benzene rings is 1. The van der Waals surface area contributed by atoms with E-state index in [-0.39, 0.29) is 12.2 Å². The number of rotatable bonds is 2. The lowest BCUT2D eigenvalue weighted by atomic mass is 9.87. The van der Waals surface area contributed by atoms with Gasteiger partial charge in [-0.05, 0) is 31.4 Å². The van der Waals surface area contributed by atoms with Gasteiger partial charge in [0, 0.05) is 30.2 Å². The van der Waals surface area contributed by atoms with Crippen LogP contribution in [-0.4, -0.2) is 23.9 Å². The van der Waals surface area contributed by atoms with E-state index in [0.717, 1.165) is 6.42 Å². The third-order valence-corrected chi connectivity index (χ3v) is 3.56. The SMILES string of the molecule is OC1(Cc2c(F)cccc2Cl)CCCOCC1. The monoisotopic (exact) mass is 258 g/mol. The predicted molar refractivity (Wildman–Crippen MR) is 64.7 cm³/mol. The van der Waals surface area contributed by atoms with Crippen molar-refractivity contribution in [1.29, 1.82) is 0 Å². The van der Waals surface area contributed by atoms with Gasteiger partial charge in [-0.1, -0.05) is 17.7 Å². The third-order valence-electron chi connectivity index (χ3n) is 3.21. The molecule has 1 aromatic carbocycles. The normalized spacial score (nSPS) is 25.6. The largest absolute Gasteiger partial charge is 0.389 e. The van der Waals surface area contributed by atoms with Crippen molar-refractivity contribution in [2.45, 2.75) is 31.3 Å². The highest BCUT2D eigenvalue weighted by Crippen LogP contribution is 2.30. The van der Waals surface area contributed by atoms with Gasteiger partial charge in [-0.2, -0.15) is 0 Å². The Morgan fingerprint density at radius 3 is 2.94 bits per heavy atom. The number of hydrogen-bond donors (Lipinski definition) is 1. The molecular weight excluding hydrogens is 243 g/mol. The van der Waals surface area contributed by atoms with E-state index >= 15 is 0 Å². The summed E-state index contributed by atoms with van der Waals surface area (Å²) in [6.07, 6.45) is 2.19. The molecule has 0 aliphatic carbocycles. The van der Waals surface area contributed by atoms with E-state index in [0.29, 0.717) is 36.6 Å². The van der Waals surface area contributed by atoms with Gasteiger partial charge in [0.1, 0.15) is 5.82 Å². The van der Waals surface area contributed by atoms with Gasteiger partial charge >= 0.3 is 0 Å². The molecule has 1 fully saturated rings. The molecule has 1 aliphatic rings. The Labute approximate surface area is 105 Å². The van der Waals surface area contributed by atoms with Crippen LogP contribution in [0.3, 0.4) is 0 Å². The second-order valence-electron chi connectivity index (χ2n) is 4.57. The van der Waals surface area contributed by atoms with Crippen LogP contribution in [0, 0.1) is 5.82 Å². The molecule has 0 radical (unpaired) electrons. The molecule has 4 heteroatoms. The molecule has 0 aromatic heterocycles. The molecule has 0 amide bonds. The van der Waals surface area contributed by atoms with Crippen LogP contribution in [0.15, 0.2) is 18.2 Å². The Morgan fingerprint density at radius 1 is 1.35 bits per heavy atom. The average Bonchev–Trinajstić information content (AvgIpc) is 2.49. The molecule has 1 aromatic rings. The van der Waals surface area contributed by atoms with Crippen molar-refractivity contribution in [3.8, 4) is 0 Å². The zero-order chi connectivity index (χ0) is 12.3. The molecule has 1 atom stereocenters. The maximum atomic E-state index is 13.7. The van der Waals surface area contributed by atoms with Gasteiger partial charge in [-0.15, -0.1) is 0 Å². The van der Waals surface area contributed by atoms with Crippen LogP contribution < -0.4 is 0 Å². The van der Waals surface area contributed by atoms with Gasteiger partial charge in [0.25, 0.3) is 0 Å². The number of ether oxygens (including phenoxy) is 1. The van der Waals surface area contributed by atoms with Crippen LogP contribution >= 0.6 is 11.6 Å². The first kappa shape index (κ1) is 12.8. The Hall–Kier alpha value is -0.640. The average molecular weight is 259 g/mol. The van der Waals surface area contributed by atoms with Gasteiger partial charge < -0.3 is 9.84 Å². The molecule has 1 aliphatic heterocycles. The highest BCUT2D eigenvalue weighted by Gasteiger charge is 2.30. The molecular formula is C13H16ClFO2. The quantitative estimate of drug-likeness (QED) is 0.884. The Kier molecular flexibility index (Phi) is 4.02. The molecule has 1 N–H and O–H groups in total. The molecule has 0 saturated carbocycles. The summed E-state index contributed by atoms with van der Waals surface area (Å²) in [6.45, 7) is 1.18. The predicted octanol–water partition coefficient (Wildman–Crippen LogP) is 2.95. The summed E-state index contributed by atoms with van der Waals surface area (Å²) < 4.78 is 19.0. The molecule has 2 rings (SSSR count). The molecule has 1 saturated heterocycles. The zero-order valence-corrected chi connectivity index (χ0v) is 10.3. The fourth-order valence-electron chi connectivity index (χ4n) is 2.20. The molecule has 0 spiro atoms. The number of hydrogen-bond acceptors (Lipinski definition) is 2. The van der Waals surface area contributed by atoms with Crippen molar-refractivity contribution in [1.82, 2.24) is 0 Å². The smallest absolute Gasteiger partial charge is 0.127 e. The summed E-state index contributed by atoms with van der Waals surface area (Å²) in [5, 5.41) is 10.8. The van der Waals surface area contributed by atoms with Gasteiger partial charge in [0.2, 0.25) is 0 Å². The van der Waals surface area contributed by atoms with E-state index in [1.165, 1.54) is 6.07 Å². The summed E-state index contributed by atoms with van der Waals surface area (Å²) in [6, 6.07) is 4.59. The van der Waals surface area contributed by atoms with Crippen LogP contribution in [0.25, 0.3) is 0 Å². The molecule has 2 nitrogen and oxygen atoms in total. The van der Waals surface area contributed by atoms with Gasteiger partial charge in [-0.25, -0.2) is 4.39 Å². The van der Waals surface area contributed by atoms with Crippen molar-refractivity contribution in [3.63, 3.8) is 0 Å². The summed E-state index contributed by atoms with van der Waals surface area (Å²) >= 11 is 5.97. The second-order valence-corrected chi connectivity index (χ2v) is 4.97. The lowest BCUT2D eigenvalue weighted by molar-refractivity contribution is 0.0182. The molecule has 0 bridgehead atoms. The van der Waals surface area contributed by atoms with E-state index in [1.807, 2.05) is 0 Å².